The zero-order valence-corrected chi connectivity index (χ0v) is 12.6. The Morgan fingerprint density at radius 2 is 1.90 bits per heavy atom. The summed E-state index contributed by atoms with van der Waals surface area (Å²) in [4.78, 5) is 25.2. The lowest BCUT2D eigenvalue weighted by Gasteiger charge is -2.32. The summed E-state index contributed by atoms with van der Waals surface area (Å²) in [6.45, 7) is 7.66. The van der Waals surface area contributed by atoms with Gasteiger partial charge < -0.3 is 14.3 Å². The Labute approximate surface area is 120 Å². The van der Waals surface area contributed by atoms with Gasteiger partial charge in [0.2, 0.25) is 0 Å². The molecule has 2 heterocycles. The molecule has 114 valence electrons. The van der Waals surface area contributed by atoms with E-state index in [1.807, 2.05) is 20.8 Å². The molecule has 20 heavy (non-hydrogen) atoms. The van der Waals surface area contributed by atoms with Gasteiger partial charge in [0.15, 0.2) is 0 Å². The summed E-state index contributed by atoms with van der Waals surface area (Å²) < 4.78 is 10.8. The molecule has 2 aliphatic heterocycles. The van der Waals surface area contributed by atoms with Crippen LogP contribution in [-0.4, -0.2) is 48.7 Å². The second-order valence-corrected chi connectivity index (χ2v) is 6.70. The third kappa shape index (κ3) is 3.51. The third-order valence-corrected chi connectivity index (χ3v) is 4.14. The molecule has 0 saturated carbocycles. The fraction of sp³-hybridized carbons (Fsp3) is 0.867. The van der Waals surface area contributed by atoms with E-state index in [4.69, 9.17) is 9.47 Å². The first-order valence-corrected chi connectivity index (χ1v) is 7.45. The van der Waals surface area contributed by atoms with Gasteiger partial charge in [-0.05, 0) is 51.9 Å². The fourth-order valence-corrected chi connectivity index (χ4v) is 3.21. The molecule has 2 aliphatic rings. The molecule has 5 nitrogen and oxygen atoms in total. The minimum Gasteiger partial charge on any atom is -0.444 e. The number of carbonyl (C=O) groups excluding carboxylic acids is 2. The van der Waals surface area contributed by atoms with Crippen LogP contribution in [-0.2, 0) is 14.3 Å². The fourth-order valence-electron chi connectivity index (χ4n) is 3.21. The topological polar surface area (TPSA) is 55.8 Å². The summed E-state index contributed by atoms with van der Waals surface area (Å²) in [6.07, 6.45) is 3.39. The maximum Gasteiger partial charge on any atom is 0.410 e. The second-order valence-electron chi connectivity index (χ2n) is 6.70. The van der Waals surface area contributed by atoms with E-state index in [1.54, 1.807) is 4.90 Å². The van der Waals surface area contributed by atoms with Crippen LogP contribution in [0.15, 0.2) is 0 Å². The van der Waals surface area contributed by atoms with E-state index in [-0.39, 0.29) is 18.1 Å². The number of hydrogen-bond donors (Lipinski definition) is 0. The smallest absolute Gasteiger partial charge is 0.410 e. The quantitative estimate of drug-likeness (QED) is 0.729. The highest BCUT2D eigenvalue weighted by atomic mass is 16.6. The molecule has 0 spiro atoms. The van der Waals surface area contributed by atoms with Crippen molar-refractivity contribution in [3.8, 4) is 0 Å². The van der Waals surface area contributed by atoms with Gasteiger partial charge in [-0.1, -0.05) is 0 Å². The predicted molar refractivity (Wildman–Crippen MR) is 74.4 cm³/mol. The van der Waals surface area contributed by atoms with Crippen molar-refractivity contribution in [1.82, 2.24) is 4.90 Å². The highest BCUT2D eigenvalue weighted by Gasteiger charge is 2.42. The van der Waals surface area contributed by atoms with Gasteiger partial charge in [0.25, 0.3) is 0 Å². The largest absolute Gasteiger partial charge is 0.444 e. The highest BCUT2D eigenvalue weighted by molar-refractivity contribution is 5.74. The number of likely N-dealkylation sites (tertiary alicyclic amines) is 1. The summed E-state index contributed by atoms with van der Waals surface area (Å²) >= 11 is 0. The van der Waals surface area contributed by atoms with Gasteiger partial charge in [-0.25, -0.2) is 4.79 Å². The van der Waals surface area contributed by atoms with Gasteiger partial charge in [-0.15, -0.1) is 0 Å². The number of nitrogens with zero attached hydrogens (tertiary/aromatic N) is 1. The first-order chi connectivity index (χ1) is 9.42. The molecule has 0 radical (unpaired) electrons. The van der Waals surface area contributed by atoms with Crippen LogP contribution >= 0.6 is 0 Å². The van der Waals surface area contributed by atoms with E-state index in [9.17, 15) is 9.59 Å². The molecule has 0 N–H and O–H groups in total. The van der Waals surface area contributed by atoms with Crippen LogP contribution in [0.1, 0.15) is 40.0 Å². The molecule has 0 bridgehead atoms. The predicted octanol–water partition coefficient (Wildman–Crippen LogP) is 2.24. The average Bonchev–Trinajstić information content (AvgIpc) is 2.81. The Morgan fingerprint density at radius 1 is 1.25 bits per heavy atom. The van der Waals surface area contributed by atoms with Crippen LogP contribution in [0.2, 0.25) is 0 Å². The van der Waals surface area contributed by atoms with Gasteiger partial charge in [-0.3, -0.25) is 4.90 Å². The van der Waals surface area contributed by atoms with Crippen molar-refractivity contribution in [3.63, 3.8) is 0 Å². The summed E-state index contributed by atoms with van der Waals surface area (Å²) in [7, 11) is 0. The van der Waals surface area contributed by atoms with E-state index < -0.39 is 5.60 Å². The monoisotopic (exact) mass is 283 g/mol. The molecule has 0 aromatic heterocycles. The van der Waals surface area contributed by atoms with Crippen molar-refractivity contribution in [1.29, 1.82) is 0 Å². The van der Waals surface area contributed by atoms with Crippen LogP contribution in [0.5, 0.6) is 0 Å². The lowest BCUT2D eigenvalue weighted by Crippen LogP contribution is -2.43. The lowest BCUT2D eigenvalue weighted by molar-refractivity contribution is -0.113. The zero-order chi connectivity index (χ0) is 14.8. The standard InChI is InChI=1S/C15H25NO4/c1-15(2,3)20-14(18)16-7-4-12(13(16)10-17)11-5-8-19-9-6-11/h10-13H,4-9H2,1-3H3/t12-,13+/m0/s1. The van der Waals surface area contributed by atoms with Gasteiger partial charge in [0.1, 0.15) is 11.9 Å². The van der Waals surface area contributed by atoms with E-state index in [1.165, 1.54) is 0 Å². The van der Waals surface area contributed by atoms with Gasteiger partial charge in [-0.2, -0.15) is 0 Å². The van der Waals surface area contributed by atoms with Crippen molar-refractivity contribution in [2.75, 3.05) is 19.8 Å². The van der Waals surface area contributed by atoms with Crippen LogP contribution in [0.3, 0.4) is 0 Å². The van der Waals surface area contributed by atoms with Crippen LogP contribution in [0.4, 0.5) is 4.79 Å². The SMILES string of the molecule is CC(C)(C)OC(=O)N1CC[C@@H](C2CCOCC2)[C@H]1C=O. The second kappa shape index (κ2) is 6.12. The van der Waals surface area contributed by atoms with E-state index >= 15 is 0 Å². The molecular formula is C15H25NO4. The Bertz CT molecular complexity index is 357. The molecule has 0 unspecified atom stereocenters. The maximum atomic E-state index is 12.2. The Kier molecular flexibility index (Phi) is 4.68. The van der Waals surface area contributed by atoms with Crippen LogP contribution < -0.4 is 0 Å². The summed E-state index contributed by atoms with van der Waals surface area (Å²) in [6, 6.07) is -0.340. The number of aldehydes is 1. The lowest BCUT2D eigenvalue weighted by atomic mass is 9.81. The van der Waals surface area contributed by atoms with Crippen molar-refractivity contribution < 1.29 is 19.1 Å². The van der Waals surface area contributed by atoms with Crippen LogP contribution in [0.25, 0.3) is 0 Å². The third-order valence-electron chi connectivity index (χ3n) is 4.14. The first-order valence-electron chi connectivity index (χ1n) is 7.45. The van der Waals surface area contributed by atoms with E-state index in [0.29, 0.717) is 12.5 Å². The van der Waals surface area contributed by atoms with Crippen LogP contribution in [0, 0.1) is 11.8 Å². The summed E-state index contributed by atoms with van der Waals surface area (Å²) in [5.41, 5.74) is -0.527. The van der Waals surface area contributed by atoms with Gasteiger partial charge in [0, 0.05) is 19.8 Å². The molecular weight excluding hydrogens is 258 g/mol. The van der Waals surface area contributed by atoms with E-state index in [0.717, 1.165) is 38.8 Å². The maximum absolute atomic E-state index is 12.2. The van der Waals surface area contributed by atoms with Gasteiger partial charge in [0.05, 0.1) is 6.04 Å². The van der Waals surface area contributed by atoms with Crippen molar-refractivity contribution in [2.24, 2.45) is 11.8 Å². The molecule has 0 aromatic rings. The summed E-state index contributed by atoms with van der Waals surface area (Å²) in [5.74, 6) is 0.732. The Hall–Kier alpha value is -1.10. The normalized spacial score (nSPS) is 28.4. The molecule has 0 aromatic carbocycles. The molecule has 2 fully saturated rings. The number of carbonyl (C=O) groups is 2. The molecule has 2 atom stereocenters. The van der Waals surface area contributed by atoms with Gasteiger partial charge >= 0.3 is 6.09 Å². The molecule has 0 aliphatic carbocycles. The average molecular weight is 283 g/mol. The molecule has 1 amide bonds. The van der Waals surface area contributed by atoms with Crippen molar-refractivity contribution in [2.45, 2.75) is 51.7 Å². The number of rotatable bonds is 2. The Balaban J connectivity index is 2.01. The summed E-state index contributed by atoms with van der Waals surface area (Å²) in [5, 5.41) is 0. The number of hydrogen-bond acceptors (Lipinski definition) is 4. The number of amides is 1. The first kappa shape index (κ1) is 15.3. The molecule has 2 rings (SSSR count). The molecule has 2 saturated heterocycles. The van der Waals surface area contributed by atoms with Crippen molar-refractivity contribution >= 4 is 12.4 Å². The zero-order valence-electron chi connectivity index (χ0n) is 12.6. The number of ether oxygens (including phenoxy) is 2. The Morgan fingerprint density at radius 3 is 2.45 bits per heavy atom. The highest BCUT2D eigenvalue weighted by Crippen LogP contribution is 2.35. The minimum atomic E-state index is -0.527. The molecule has 5 heteroatoms. The van der Waals surface area contributed by atoms with Crippen molar-refractivity contribution in [3.05, 3.63) is 0 Å². The minimum absolute atomic E-state index is 0.254. The van der Waals surface area contributed by atoms with E-state index in [2.05, 4.69) is 0 Å².